The molecule has 0 saturated carbocycles. The summed E-state index contributed by atoms with van der Waals surface area (Å²) in [6.07, 6.45) is 1.72. The summed E-state index contributed by atoms with van der Waals surface area (Å²) in [4.78, 5) is 22.1. The number of pyridine rings is 1. The number of nitrogens with one attached hydrogen (secondary N) is 1. The molecule has 3 heterocycles. The number of benzene rings is 1. The van der Waals surface area contributed by atoms with E-state index in [4.69, 9.17) is 9.47 Å². The number of hydrogen-bond donors (Lipinski definition) is 1. The van der Waals surface area contributed by atoms with Crippen molar-refractivity contribution in [2.75, 3.05) is 50.6 Å². The molecule has 1 amide bonds. The fourth-order valence-electron chi connectivity index (χ4n) is 3.60. The molecule has 162 valence electrons. The smallest absolute Gasteiger partial charge is 0.265 e. The average molecular weight is 439 g/mol. The Labute approximate surface area is 186 Å². The molecule has 7 nitrogen and oxygen atoms in total. The van der Waals surface area contributed by atoms with Gasteiger partial charge in [0.2, 0.25) is 0 Å². The number of hydrogen-bond acceptors (Lipinski definition) is 7. The van der Waals surface area contributed by atoms with Crippen LogP contribution in [0.3, 0.4) is 0 Å². The van der Waals surface area contributed by atoms with E-state index in [1.165, 1.54) is 16.9 Å². The number of carbonyl (C=O) groups is 1. The molecule has 0 bridgehead atoms. The number of nitrogens with zero attached hydrogens (tertiary/aromatic N) is 3. The summed E-state index contributed by atoms with van der Waals surface area (Å²) >= 11 is 1.42. The van der Waals surface area contributed by atoms with Gasteiger partial charge in [-0.3, -0.25) is 9.69 Å². The molecule has 0 unspecified atom stereocenters. The molecule has 0 spiro atoms. The molecule has 0 atom stereocenters. The molecule has 1 aliphatic rings. The Hall–Kier alpha value is -3.10. The van der Waals surface area contributed by atoms with E-state index in [1.807, 2.05) is 35.7 Å². The predicted molar refractivity (Wildman–Crippen MR) is 124 cm³/mol. The Morgan fingerprint density at radius 3 is 2.39 bits per heavy atom. The molecule has 31 heavy (non-hydrogen) atoms. The van der Waals surface area contributed by atoms with Gasteiger partial charge < -0.3 is 19.7 Å². The average Bonchev–Trinajstić information content (AvgIpc) is 3.35. The maximum atomic E-state index is 12.2. The van der Waals surface area contributed by atoms with Gasteiger partial charge in [-0.05, 0) is 41.3 Å². The SMILES string of the molecule is COc1cc(CN2CCN(c3ccc(NC(=O)c4cccs4)cn3)CC2)cc(OC)c1. The van der Waals surface area contributed by atoms with Gasteiger partial charge in [0.05, 0.1) is 31.0 Å². The van der Waals surface area contributed by atoms with E-state index in [2.05, 4.69) is 32.2 Å². The van der Waals surface area contributed by atoms with Gasteiger partial charge in [0.25, 0.3) is 5.91 Å². The van der Waals surface area contributed by atoms with E-state index in [-0.39, 0.29) is 5.91 Å². The highest BCUT2D eigenvalue weighted by Gasteiger charge is 2.19. The van der Waals surface area contributed by atoms with Gasteiger partial charge in [0.15, 0.2) is 0 Å². The predicted octanol–water partition coefficient (Wildman–Crippen LogP) is 3.73. The number of anilines is 2. The highest BCUT2D eigenvalue weighted by atomic mass is 32.1. The van der Waals surface area contributed by atoms with Crippen LogP contribution in [-0.2, 0) is 6.54 Å². The lowest BCUT2D eigenvalue weighted by Gasteiger charge is -2.35. The largest absolute Gasteiger partial charge is 0.497 e. The minimum absolute atomic E-state index is 0.104. The van der Waals surface area contributed by atoms with Crippen molar-refractivity contribution in [3.8, 4) is 11.5 Å². The van der Waals surface area contributed by atoms with Crippen molar-refractivity contribution < 1.29 is 14.3 Å². The van der Waals surface area contributed by atoms with Crippen LogP contribution in [0, 0.1) is 0 Å². The fraction of sp³-hybridized carbons (Fsp3) is 0.304. The number of ether oxygens (including phenoxy) is 2. The Kier molecular flexibility index (Phi) is 6.69. The van der Waals surface area contributed by atoms with Crippen LogP contribution in [-0.4, -0.2) is 56.2 Å². The fourth-order valence-corrected chi connectivity index (χ4v) is 4.22. The lowest BCUT2D eigenvalue weighted by Crippen LogP contribution is -2.46. The first-order chi connectivity index (χ1) is 15.1. The lowest BCUT2D eigenvalue weighted by atomic mass is 10.1. The van der Waals surface area contributed by atoms with Crippen molar-refractivity contribution in [1.29, 1.82) is 0 Å². The first-order valence-corrected chi connectivity index (χ1v) is 11.0. The third-order valence-electron chi connectivity index (χ3n) is 5.26. The number of rotatable bonds is 7. The second kappa shape index (κ2) is 9.80. The van der Waals surface area contributed by atoms with Crippen LogP contribution in [0.4, 0.5) is 11.5 Å². The van der Waals surface area contributed by atoms with Crippen LogP contribution in [0.1, 0.15) is 15.2 Å². The zero-order valence-electron chi connectivity index (χ0n) is 17.7. The number of methoxy groups -OCH3 is 2. The van der Waals surface area contributed by atoms with Crippen LogP contribution in [0.15, 0.2) is 54.0 Å². The Morgan fingerprint density at radius 2 is 1.81 bits per heavy atom. The number of thiophene rings is 1. The van der Waals surface area contributed by atoms with Gasteiger partial charge >= 0.3 is 0 Å². The summed E-state index contributed by atoms with van der Waals surface area (Å²) in [6, 6.07) is 13.5. The summed E-state index contributed by atoms with van der Waals surface area (Å²) in [5.41, 5.74) is 1.88. The summed E-state index contributed by atoms with van der Waals surface area (Å²) in [6.45, 7) is 4.53. The zero-order chi connectivity index (χ0) is 21.6. The Balaban J connectivity index is 1.31. The van der Waals surface area contributed by atoms with E-state index in [1.54, 1.807) is 20.4 Å². The molecule has 1 N–H and O–H groups in total. The third-order valence-corrected chi connectivity index (χ3v) is 6.13. The maximum absolute atomic E-state index is 12.2. The van der Waals surface area contributed by atoms with E-state index < -0.39 is 0 Å². The van der Waals surface area contributed by atoms with Gasteiger partial charge in [-0.2, -0.15) is 0 Å². The molecule has 1 aliphatic heterocycles. The number of piperazine rings is 1. The van der Waals surface area contributed by atoms with Gasteiger partial charge in [-0.15, -0.1) is 11.3 Å². The molecule has 2 aromatic heterocycles. The molecule has 1 aromatic carbocycles. The first kappa shape index (κ1) is 21.1. The molecule has 1 fully saturated rings. The van der Waals surface area contributed by atoms with Crippen LogP contribution in [0.5, 0.6) is 11.5 Å². The highest BCUT2D eigenvalue weighted by molar-refractivity contribution is 7.12. The Bertz CT molecular complexity index is 978. The summed E-state index contributed by atoms with van der Waals surface area (Å²) in [5, 5.41) is 4.78. The highest BCUT2D eigenvalue weighted by Crippen LogP contribution is 2.24. The molecular weight excluding hydrogens is 412 g/mol. The van der Waals surface area contributed by atoms with Crippen molar-refractivity contribution in [3.05, 3.63) is 64.5 Å². The molecule has 4 rings (SSSR count). The molecule has 0 aliphatic carbocycles. The van der Waals surface area contributed by atoms with Crippen molar-refractivity contribution >= 4 is 28.7 Å². The lowest BCUT2D eigenvalue weighted by molar-refractivity contribution is 0.103. The van der Waals surface area contributed by atoms with Crippen molar-refractivity contribution in [2.45, 2.75) is 6.54 Å². The minimum Gasteiger partial charge on any atom is -0.497 e. The van der Waals surface area contributed by atoms with Crippen molar-refractivity contribution in [1.82, 2.24) is 9.88 Å². The summed E-state index contributed by atoms with van der Waals surface area (Å²) < 4.78 is 10.8. The van der Waals surface area contributed by atoms with Crippen LogP contribution in [0.25, 0.3) is 0 Å². The summed E-state index contributed by atoms with van der Waals surface area (Å²) in [5.74, 6) is 2.44. The molecule has 1 saturated heterocycles. The number of amides is 1. The number of aromatic nitrogens is 1. The molecular formula is C23H26N4O3S. The minimum atomic E-state index is -0.104. The van der Waals surface area contributed by atoms with Gasteiger partial charge in [-0.1, -0.05) is 6.07 Å². The van der Waals surface area contributed by atoms with E-state index >= 15 is 0 Å². The monoisotopic (exact) mass is 438 g/mol. The van der Waals surface area contributed by atoms with E-state index in [9.17, 15) is 4.79 Å². The van der Waals surface area contributed by atoms with Crippen LogP contribution in [0.2, 0.25) is 0 Å². The van der Waals surface area contributed by atoms with Crippen LogP contribution < -0.4 is 19.7 Å². The topological polar surface area (TPSA) is 66.9 Å². The van der Waals surface area contributed by atoms with Crippen molar-refractivity contribution in [3.63, 3.8) is 0 Å². The molecule has 0 radical (unpaired) electrons. The molecule has 8 heteroatoms. The maximum Gasteiger partial charge on any atom is 0.265 e. The first-order valence-electron chi connectivity index (χ1n) is 10.1. The Morgan fingerprint density at radius 1 is 1.06 bits per heavy atom. The van der Waals surface area contributed by atoms with E-state index in [0.29, 0.717) is 10.6 Å². The van der Waals surface area contributed by atoms with Gasteiger partial charge in [-0.25, -0.2) is 4.98 Å². The summed E-state index contributed by atoms with van der Waals surface area (Å²) in [7, 11) is 3.34. The number of carbonyl (C=O) groups excluding carboxylic acids is 1. The van der Waals surface area contributed by atoms with Gasteiger partial charge in [0.1, 0.15) is 17.3 Å². The third kappa shape index (κ3) is 5.34. The zero-order valence-corrected chi connectivity index (χ0v) is 18.5. The molecule has 3 aromatic rings. The second-order valence-electron chi connectivity index (χ2n) is 7.32. The quantitative estimate of drug-likeness (QED) is 0.606. The van der Waals surface area contributed by atoms with E-state index in [0.717, 1.165) is 50.0 Å². The second-order valence-corrected chi connectivity index (χ2v) is 8.27. The van der Waals surface area contributed by atoms with Crippen molar-refractivity contribution in [2.24, 2.45) is 0 Å². The standard InChI is InChI=1S/C23H26N4O3S/c1-29-19-12-17(13-20(14-19)30-2)16-26-7-9-27(10-8-26)22-6-5-18(15-24-22)25-23(28)21-4-3-11-31-21/h3-6,11-15H,7-10,16H2,1-2H3,(H,25,28). The normalized spacial score (nSPS) is 14.3. The van der Waals surface area contributed by atoms with Crippen LogP contribution >= 0.6 is 11.3 Å². The van der Waals surface area contributed by atoms with Gasteiger partial charge in [0, 0.05) is 38.8 Å².